The fraction of sp³-hybridized carbons (Fsp3) is 0.556. The molecule has 1 aromatic rings. The maximum atomic E-state index is 12.2. The van der Waals surface area contributed by atoms with Gasteiger partial charge in [-0.1, -0.05) is 17.7 Å². The Bertz CT molecular complexity index is 535. The zero-order valence-corrected chi connectivity index (χ0v) is 13.7. The smallest absolute Gasteiger partial charge is 0.317 e. The number of piperazine rings is 1. The summed E-state index contributed by atoms with van der Waals surface area (Å²) in [5.41, 5.74) is 1.51. The van der Waals surface area contributed by atoms with Gasteiger partial charge in [0.25, 0.3) is 0 Å². The van der Waals surface area contributed by atoms with Crippen molar-refractivity contribution in [2.24, 2.45) is 0 Å². The van der Waals surface area contributed by atoms with Gasteiger partial charge < -0.3 is 15.1 Å². The van der Waals surface area contributed by atoms with E-state index in [1.165, 1.54) is 31.3 Å². The summed E-state index contributed by atoms with van der Waals surface area (Å²) in [6, 6.07) is 6.02. The summed E-state index contributed by atoms with van der Waals surface area (Å²) >= 11 is 0. The Balaban J connectivity index is 1.39. The third kappa shape index (κ3) is 4.47. The number of nitrogens with one attached hydrogen (secondary N) is 1. The van der Waals surface area contributed by atoms with Crippen molar-refractivity contribution in [2.45, 2.75) is 32.1 Å². The van der Waals surface area contributed by atoms with Gasteiger partial charge in [0.1, 0.15) is 5.82 Å². The highest BCUT2D eigenvalue weighted by Gasteiger charge is 2.21. The van der Waals surface area contributed by atoms with Crippen LogP contribution in [0.5, 0.6) is 0 Å². The lowest BCUT2D eigenvalue weighted by Crippen LogP contribution is -2.52. The molecule has 1 N–H and O–H groups in total. The van der Waals surface area contributed by atoms with Gasteiger partial charge in [-0.2, -0.15) is 0 Å². The minimum absolute atomic E-state index is 0.0714. The van der Waals surface area contributed by atoms with Gasteiger partial charge in [-0.25, -0.2) is 9.78 Å². The fourth-order valence-corrected chi connectivity index (χ4v) is 3.25. The Morgan fingerprint density at radius 1 is 1.17 bits per heavy atom. The average Bonchev–Trinajstić information content (AvgIpc) is 2.63. The maximum absolute atomic E-state index is 12.2. The number of aromatic nitrogens is 1. The molecule has 0 bridgehead atoms. The van der Waals surface area contributed by atoms with E-state index in [-0.39, 0.29) is 6.03 Å². The summed E-state index contributed by atoms with van der Waals surface area (Å²) in [5.74, 6) is 0.997. The van der Waals surface area contributed by atoms with Crippen LogP contribution in [0.1, 0.15) is 32.1 Å². The van der Waals surface area contributed by atoms with Crippen LogP contribution in [0, 0.1) is 0 Å². The maximum Gasteiger partial charge on any atom is 0.317 e. The molecule has 2 heterocycles. The highest BCUT2D eigenvalue weighted by Crippen LogP contribution is 2.19. The molecular formula is C18H26N4O. The van der Waals surface area contributed by atoms with E-state index in [0.29, 0.717) is 0 Å². The monoisotopic (exact) mass is 314 g/mol. The number of rotatable bonds is 4. The van der Waals surface area contributed by atoms with Crippen molar-refractivity contribution in [3.63, 3.8) is 0 Å². The second kappa shape index (κ2) is 7.99. The van der Waals surface area contributed by atoms with Crippen molar-refractivity contribution in [2.75, 3.05) is 37.6 Å². The predicted molar refractivity (Wildman–Crippen MR) is 92.6 cm³/mol. The molecule has 5 heteroatoms. The minimum atomic E-state index is 0.0714. The summed E-state index contributed by atoms with van der Waals surface area (Å²) < 4.78 is 0. The molecule has 1 aromatic heterocycles. The van der Waals surface area contributed by atoms with Crippen molar-refractivity contribution in [1.82, 2.24) is 15.2 Å². The van der Waals surface area contributed by atoms with Gasteiger partial charge in [-0.05, 0) is 44.2 Å². The molecule has 1 saturated heterocycles. The first kappa shape index (κ1) is 15.8. The summed E-state index contributed by atoms with van der Waals surface area (Å²) in [6.45, 7) is 3.95. The van der Waals surface area contributed by atoms with E-state index in [4.69, 9.17) is 0 Å². The van der Waals surface area contributed by atoms with Crippen LogP contribution in [0.3, 0.4) is 0 Å². The van der Waals surface area contributed by atoms with E-state index in [9.17, 15) is 4.79 Å². The number of allylic oxidation sites excluding steroid dienone is 1. The third-order valence-corrected chi connectivity index (χ3v) is 4.65. The molecule has 3 rings (SSSR count). The fourth-order valence-electron chi connectivity index (χ4n) is 3.25. The second-order valence-electron chi connectivity index (χ2n) is 6.25. The Morgan fingerprint density at radius 3 is 2.74 bits per heavy atom. The highest BCUT2D eigenvalue weighted by molar-refractivity contribution is 5.74. The van der Waals surface area contributed by atoms with Crippen LogP contribution in [0.15, 0.2) is 36.0 Å². The van der Waals surface area contributed by atoms with Crippen molar-refractivity contribution in [1.29, 1.82) is 0 Å². The molecule has 124 valence electrons. The van der Waals surface area contributed by atoms with Gasteiger partial charge >= 0.3 is 6.03 Å². The summed E-state index contributed by atoms with van der Waals surface area (Å²) in [7, 11) is 0. The number of anilines is 1. The van der Waals surface area contributed by atoms with Crippen LogP contribution in [-0.4, -0.2) is 48.6 Å². The number of pyridine rings is 1. The van der Waals surface area contributed by atoms with E-state index >= 15 is 0 Å². The quantitative estimate of drug-likeness (QED) is 0.869. The first-order valence-corrected chi connectivity index (χ1v) is 8.69. The van der Waals surface area contributed by atoms with Crippen LogP contribution < -0.4 is 10.2 Å². The summed E-state index contributed by atoms with van der Waals surface area (Å²) in [4.78, 5) is 20.8. The van der Waals surface area contributed by atoms with Crippen LogP contribution in [0.25, 0.3) is 0 Å². The van der Waals surface area contributed by atoms with Gasteiger partial charge in [-0.15, -0.1) is 0 Å². The highest BCUT2D eigenvalue weighted by atomic mass is 16.2. The van der Waals surface area contributed by atoms with Crippen molar-refractivity contribution >= 4 is 11.8 Å². The first-order valence-electron chi connectivity index (χ1n) is 8.69. The SMILES string of the molecule is O=C(NCCC1=CCCCC1)N1CCN(c2ccccn2)CC1. The number of carbonyl (C=O) groups excluding carboxylic acids is 1. The van der Waals surface area contributed by atoms with Crippen molar-refractivity contribution in [3.05, 3.63) is 36.0 Å². The standard InChI is InChI=1S/C18H26N4O/c23-18(20-11-9-16-6-2-1-3-7-16)22-14-12-21(13-15-22)17-8-4-5-10-19-17/h4-6,8,10H,1-3,7,9,11-15H2,(H,20,23). The largest absolute Gasteiger partial charge is 0.353 e. The molecule has 2 amide bonds. The van der Waals surface area contributed by atoms with Crippen LogP contribution >= 0.6 is 0 Å². The Morgan fingerprint density at radius 2 is 2.04 bits per heavy atom. The van der Waals surface area contributed by atoms with Gasteiger partial charge in [-0.3, -0.25) is 0 Å². The van der Waals surface area contributed by atoms with Gasteiger partial charge in [0.15, 0.2) is 0 Å². The molecular weight excluding hydrogens is 288 g/mol. The van der Waals surface area contributed by atoms with E-state index in [1.54, 1.807) is 0 Å². The minimum Gasteiger partial charge on any atom is -0.353 e. The normalized spacial score (nSPS) is 18.5. The number of hydrogen-bond donors (Lipinski definition) is 1. The molecule has 0 radical (unpaired) electrons. The van der Waals surface area contributed by atoms with Gasteiger partial charge in [0.2, 0.25) is 0 Å². The molecule has 0 aromatic carbocycles. The molecule has 5 nitrogen and oxygen atoms in total. The van der Waals surface area contributed by atoms with Gasteiger partial charge in [0.05, 0.1) is 0 Å². The zero-order chi connectivity index (χ0) is 15.9. The zero-order valence-electron chi connectivity index (χ0n) is 13.7. The molecule has 23 heavy (non-hydrogen) atoms. The molecule has 1 fully saturated rings. The summed E-state index contributed by atoms with van der Waals surface area (Å²) in [5, 5.41) is 3.07. The van der Waals surface area contributed by atoms with E-state index in [1.807, 2.05) is 29.3 Å². The molecule has 1 aliphatic carbocycles. The molecule has 0 spiro atoms. The Kier molecular flexibility index (Phi) is 5.51. The lowest BCUT2D eigenvalue weighted by molar-refractivity contribution is 0.194. The van der Waals surface area contributed by atoms with Crippen molar-refractivity contribution < 1.29 is 4.79 Å². The van der Waals surface area contributed by atoms with E-state index in [0.717, 1.165) is 45.0 Å². The lowest BCUT2D eigenvalue weighted by atomic mass is 9.97. The Labute approximate surface area is 138 Å². The van der Waals surface area contributed by atoms with E-state index in [2.05, 4.69) is 21.3 Å². The summed E-state index contributed by atoms with van der Waals surface area (Å²) in [6.07, 6.45) is 10.2. The average molecular weight is 314 g/mol. The number of urea groups is 1. The number of nitrogens with zero attached hydrogens (tertiary/aromatic N) is 3. The lowest BCUT2D eigenvalue weighted by Gasteiger charge is -2.35. The number of carbonyl (C=O) groups is 1. The topological polar surface area (TPSA) is 48.5 Å². The third-order valence-electron chi connectivity index (χ3n) is 4.65. The predicted octanol–water partition coefficient (Wildman–Crippen LogP) is 2.80. The van der Waals surface area contributed by atoms with E-state index < -0.39 is 0 Å². The van der Waals surface area contributed by atoms with Crippen LogP contribution in [-0.2, 0) is 0 Å². The Hall–Kier alpha value is -2.04. The second-order valence-corrected chi connectivity index (χ2v) is 6.25. The number of amides is 2. The molecule has 1 aliphatic heterocycles. The van der Waals surface area contributed by atoms with Gasteiger partial charge in [0, 0.05) is 38.9 Å². The molecule has 0 unspecified atom stereocenters. The van der Waals surface area contributed by atoms with Crippen molar-refractivity contribution in [3.8, 4) is 0 Å². The molecule has 0 atom stereocenters. The first-order chi connectivity index (χ1) is 11.3. The molecule has 0 saturated carbocycles. The van der Waals surface area contributed by atoms with Crippen LogP contribution in [0.4, 0.5) is 10.6 Å². The number of hydrogen-bond acceptors (Lipinski definition) is 3. The molecule has 2 aliphatic rings. The van der Waals surface area contributed by atoms with Crippen LogP contribution in [0.2, 0.25) is 0 Å².